The minimum Gasteiger partial charge on any atom is -0.347 e. The van der Waals surface area contributed by atoms with Crippen LogP contribution in [-0.4, -0.2) is 35.3 Å². The Bertz CT molecular complexity index is 377. The van der Waals surface area contributed by atoms with E-state index in [2.05, 4.69) is 10.2 Å². The van der Waals surface area contributed by atoms with Gasteiger partial charge >= 0.3 is 0 Å². The molecule has 0 aromatic heterocycles. The SMILES string of the molecule is CC(C)(C)CC(=O)NCC(=O)N(C1CCCCC1)C1CC1. The number of nitrogens with one attached hydrogen (secondary N) is 1. The van der Waals surface area contributed by atoms with Crippen LogP contribution in [0.15, 0.2) is 0 Å². The summed E-state index contributed by atoms with van der Waals surface area (Å²) in [5.74, 6) is 0.0990. The molecule has 4 nitrogen and oxygen atoms in total. The maximum atomic E-state index is 12.5. The summed E-state index contributed by atoms with van der Waals surface area (Å²) in [5.41, 5.74) is -0.0350. The van der Waals surface area contributed by atoms with Crippen molar-refractivity contribution >= 4 is 11.8 Å². The van der Waals surface area contributed by atoms with Crippen molar-refractivity contribution < 1.29 is 9.59 Å². The van der Waals surface area contributed by atoms with Gasteiger partial charge in [-0.2, -0.15) is 0 Å². The van der Waals surface area contributed by atoms with E-state index in [1.54, 1.807) is 0 Å². The molecule has 0 spiro atoms. The first-order valence-corrected chi connectivity index (χ1v) is 8.45. The van der Waals surface area contributed by atoms with Gasteiger partial charge in [-0.1, -0.05) is 40.0 Å². The van der Waals surface area contributed by atoms with Crippen LogP contribution in [0, 0.1) is 5.41 Å². The van der Waals surface area contributed by atoms with Crippen LogP contribution in [0.4, 0.5) is 0 Å². The van der Waals surface area contributed by atoms with E-state index in [4.69, 9.17) is 0 Å². The van der Waals surface area contributed by atoms with Crippen molar-refractivity contribution in [1.29, 1.82) is 0 Å². The maximum Gasteiger partial charge on any atom is 0.242 e. The maximum absolute atomic E-state index is 12.5. The van der Waals surface area contributed by atoms with E-state index >= 15 is 0 Å². The number of hydrogen-bond acceptors (Lipinski definition) is 2. The van der Waals surface area contributed by atoms with Crippen molar-refractivity contribution in [2.75, 3.05) is 6.54 Å². The topological polar surface area (TPSA) is 49.4 Å². The summed E-state index contributed by atoms with van der Waals surface area (Å²) < 4.78 is 0. The zero-order valence-electron chi connectivity index (χ0n) is 13.8. The molecule has 4 heteroatoms. The van der Waals surface area contributed by atoms with Gasteiger partial charge in [0.15, 0.2) is 0 Å². The quantitative estimate of drug-likeness (QED) is 0.847. The molecule has 2 fully saturated rings. The molecule has 0 aliphatic heterocycles. The lowest BCUT2D eigenvalue weighted by Gasteiger charge is -2.34. The van der Waals surface area contributed by atoms with Crippen molar-refractivity contribution in [3.05, 3.63) is 0 Å². The van der Waals surface area contributed by atoms with Gasteiger partial charge in [0, 0.05) is 18.5 Å². The van der Waals surface area contributed by atoms with Crippen molar-refractivity contribution in [1.82, 2.24) is 10.2 Å². The molecule has 0 aromatic rings. The Kier molecular flexibility index (Phi) is 5.28. The standard InChI is InChI=1S/C17H30N2O2/c1-17(2,3)11-15(20)18-12-16(21)19(14-9-10-14)13-7-5-4-6-8-13/h13-14H,4-12H2,1-3H3,(H,18,20). The molecule has 2 rings (SSSR count). The smallest absolute Gasteiger partial charge is 0.242 e. The molecule has 0 aromatic carbocycles. The molecular formula is C17H30N2O2. The summed E-state index contributed by atoms with van der Waals surface area (Å²) in [6.45, 7) is 6.27. The largest absolute Gasteiger partial charge is 0.347 e. The fraction of sp³-hybridized carbons (Fsp3) is 0.882. The molecule has 0 heterocycles. The van der Waals surface area contributed by atoms with Crippen LogP contribution in [0.25, 0.3) is 0 Å². The molecule has 2 aliphatic carbocycles. The average molecular weight is 294 g/mol. The monoisotopic (exact) mass is 294 g/mol. The van der Waals surface area contributed by atoms with E-state index in [9.17, 15) is 9.59 Å². The second-order valence-electron chi connectivity index (χ2n) is 7.84. The fourth-order valence-corrected chi connectivity index (χ4v) is 3.23. The predicted octanol–water partition coefficient (Wildman–Crippen LogP) is 2.86. The van der Waals surface area contributed by atoms with Crippen LogP contribution < -0.4 is 5.32 Å². The van der Waals surface area contributed by atoms with E-state index in [0.29, 0.717) is 18.5 Å². The molecule has 0 bridgehead atoms. The predicted molar refractivity (Wildman–Crippen MR) is 83.8 cm³/mol. The third-order valence-electron chi connectivity index (χ3n) is 4.32. The van der Waals surface area contributed by atoms with Gasteiger partial charge in [-0.3, -0.25) is 9.59 Å². The second kappa shape index (κ2) is 6.80. The highest BCUT2D eigenvalue weighted by Gasteiger charge is 2.37. The average Bonchev–Trinajstić information content (AvgIpc) is 3.20. The highest BCUT2D eigenvalue weighted by atomic mass is 16.2. The number of hydrogen-bond donors (Lipinski definition) is 1. The Balaban J connectivity index is 1.83. The molecule has 0 unspecified atom stereocenters. The highest BCUT2D eigenvalue weighted by molar-refractivity contribution is 5.85. The van der Waals surface area contributed by atoms with Crippen LogP contribution in [-0.2, 0) is 9.59 Å². The molecule has 21 heavy (non-hydrogen) atoms. The van der Waals surface area contributed by atoms with E-state index in [1.165, 1.54) is 19.3 Å². The third kappa shape index (κ3) is 5.33. The highest BCUT2D eigenvalue weighted by Crippen LogP contribution is 2.33. The molecule has 0 radical (unpaired) electrons. The van der Waals surface area contributed by atoms with Crippen molar-refractivity contribution in [3.8, 4) is 0 Å². The van der Waals surface area contributed by atoms with E-state index < -0.39 is 0 Å². The van der Waals surface area contributed by atoms with Crippen LogP contribution in [0.2, 0.25) is 0 Å². The number of nitrogens with zero attached hydrogens (tertiary/aromatic N) is 1. The van der Waals surface area contributed by atoms with Gasteiger partial charge in [0.1, 0.15) is 0 Å². The summed E-state index contributed by atoms with van der Waals surface area (Å²) >= 11 is 0. The first kappa shape index (κ1) is 16.3. The second-order valence-corrected chi connectivity index (χ2v) is 7.84. The van der Waals surface area contributed by atoms with E-state index in [1.807, 2.05) is 20.8 Å². The Hall–Kier alpha value is -1.06. The minimum atomic E-state index is -0.0350. The summed E-state index contributed by atoms with van der Waals surface area (Å²) in [7, 11) is 0. The summed E-state index contributed by atoms with van der Waals surface area (Å²) in [5, 5.41) is 2.81. The van der Waals surface area contributed by atoms with E-state index in [-0.39, 0.29) is 23.8 Å². The molecule has 2 aliphatic rings. The molecule has 0 atom stereocenters. The molecule has 1 N–H and O–H groups in total. The van der Waals surface area contributed by atoms with Gasteiger partial charge in [-0.25, -0.2) is 0 Å². The van der Waals surface area contributed by atoms with Gasteiger partial charge in [0.2, 0.25) is 11.8 Å². The first-order valence-electron chi connectivity index (χ1n) is 8.45. The molecule has 0 saturated heterocycles. The Labute approximate surface area is 128 Å². The number of carbonyl (C=O) groups is 2. The molecule has 2 amide bonds. The van der Waals surface area contributed by atoms with Crippen LogP contribution in [0.5, 0.6) is 0 Å². The minimum absolute atomic E-state index is 0.0183. The zero-order chi connectivity index (χ0) is 15.5. The third-order valence-corrected chi connectivity index (χ3v) is 4.32. The normalized spacial score (nSPS) is 20.1. The van der Waals surface area contributed by atoms with Crippen molar-refractivity contribution in [2.24, 2.45) is 5.41 Å². The summed E-state index contributed by atoms with van der Waals surface area (Å²) in [6, 6.07) is 0.860. The molecule has 2 saturated carbocycles. The Morgan fingerprint density at radius 3 is 2.10 bits per heavy atom. The number of rotatable bonds is 5. The van der Waals surface area contributed by atoms with Gasteiger partial charge in [-0.15, -0.1) is 0 Å². The lowest BCUT2D eigenvalue weighted by molar-refractivity contribution is -0.136. The van der Waals surface area contributed by atoms with Crippen LogP contribution in [0.3, 0.4) is 0 Å². The van der Waals surface area contributed by atoms with Gasteiger partial charge in [0.25, 0.3) is 0 Å². The van der Waals surface area contributed by atoms with E-state index in [0.717, 1.165) is 25.7 Å². The number of amides is 2. The summed E-state index contributed by atoms with van der Waals surface area (Å²) in [4.78, 5) is 26.5. The van der Waals surface area contributed by atoms with Gasteiger partial charge in [0.05, 0.1) is 6.54 Å². The number of carbonyl (C=O) groups excluding carboxylic acids is 2. The lowest BCUT2D eigenvalue weighted by atomic mass is 9.92. The fourth-order valence-electron chi connectivity index (χ4n) is 3.23. The van der Waals surface area contributed by atoms with Crippen LogP contribution in [0.1, 0.15) is 72.1 Å². The van der Waals surface area contributed by atoms with Crippen LogP contribution >= 0.6 is 0 Å². The van der Waals surface area contributed by atoms with Crippen molar-refractivity contribution in [2.45, 2.75) is 84.2 Å². The van der Waals surface area contributed by atoms with Crippen molar-refractivity contribution in [3.63, 3.8) is 0 Å². The molecular weight excluding hydrogens is 264 g/mol. The molecule has 120 valence electrons. The van der Waals surface area contributed by atoms with Gasteiger partial charge in [-0.05, 0) is 31.1 Å². The zero-order valence-corrected chi connectivity index (χ0v) is 13.8. The lowest BCUT2D eigenvalue weighted by Crippen LogP contribution is -2.47. The van der Waals surface area contributed by atoms with Gasteiger partial charge < -0.3 is 10.2 Å². The first-order chi connectivity index (χ1) is 9.87. The Morgan fingerprint density at radius 1 is 1.00 bits per heavy atom. The Morgan fingerprint density at radius 2 is 1.57 bits per heavy atom. The summed E-state index contributed by atoms with van der Waals surface area (Å²) in [6.07, 6.45) is 8.78.